The maximum absolute atomic E-state index is 6.57. The Hall–Kier alpha value is -6.52. The lowest BCUT2D eigenvalue weighted by Gasteiger charge is -2.12. The molecule has 0 spiro atoms. The molecule has 0 fully saturated rings. The van der Waals surface area contributed by atoms with Crippen LogP contribution in [0.5, 0.6) is 0 Å². The zero-order valence-corrected chi connectivity index (χ0v) is 28.9. The van der Waals surface area contributed by atoms with Crippen molar-refractivity contribution < 1.29 is 8.83 Å². The summed E-state index contributed by atoms with van der Waals surface area (Å²) in [5.41, 5.74) is 9.89. The number of hydrogen-bond donors (Lipinski definition) is 0. The van der Waals surface area contributed by atoms with E-state index >= 15 is 0 Å². The fourth-order valence-electron chi connectivity index (χ4n) is 7.92. The molecule has 2 heterocycles. The van der Waals surface area contributed by atoms with Crippen LogP contribution in [0.4, 0.5) is 0 Å². The number of hydrogen-bond acceptors (Lipinski definition) is 3. The molecular formula is C48H34N2O2. The molecule has 4 nitrogen and oxygen atoms in total. The van der Waals surface area contributed by atoms with Crippen molar-refractivity contribution in [2.24, 2.45) is 15.9 Å². The quantitative estimate of drug-likeness (QED) is 0.138. The van der Waals surface area contributed by atoms with Crippen molar-refractivity contribution in [1.82, 2.24) is 0 Å². The molecular weight excluding hydrogens is 637 g/mol. The van der Waals surface area contributed by atoms with Gasteiger partial charge in [0.05, 0.1) is 5.71 Å². The van der Waals surface area contributed by atoms with Gasteiger partial charge in [0, 0.05) is 45.5 Å². The van der Waals surface area contributed by atoms with Gasteiger partial charge in [0.15, 0.2) is 5.84 Å². The molecule has 4 heteroatoms. The van der Waals surface area contributed by atoms with Gasteiger partial charge in [-0.1, -0.05) is 116 Å². The molecule has 2 aromatic heterocycles. The highest BCUT2D eigenvalue weighted by molar-refractivity contribution is 6.26. The molecule has 52 heavy (non-hydrogen) atoms. The summed E-state index contributed by atoms with van der Waals surface area (Å²) in [6, 6.07) is 49.1. The van der Waals surface area contributed by atoms with E-state index in [0.717, 1.165) is 84.0 Å². The third kappa shape index (κ3) is 4.98. The van der Waals surface area contributed by atoms with Crippen LogP contribution in [0, 0.1) is 5.92 Å². The first-order valence-corrected chi connectivity index (χ1v) is 17.8. The van der Waals surface area contributed by atoms with Gasteiger partial charge in [0.2, 0.25) is 0 Å². The van der Waals surface area contributed by atoms with Crippen LogP contribution in [0.1, 0.15) is 34.9 Å². The molecule has 0 bridgehead atoms. The molecule has 0 N–H and O–H groups in total. The molecule has 10 rings (SSSR count). The Morgan fingerprint density at radius 3 is 2.00 bits per heavy atom. The number of amidine groups is 1. The van der Waals surface area contributed by atoms with E-state index in [1.807, 2.05) is 19.2 Å². The van der Waals surface area contributed by atoms with E-state index < -0.39 is 0 Å². The SMILES string of the molecule is C/N=C(\N=C(c1ccc2ccccc2c1)c1ccc2ccccc2c1)c1cccc2oc3cccc(-c4ccc5oc6c(c5c4)CC(C)C=C6)c3c12. The van der Waals surface area contributed by atoms with Gasteiger partial charge in [-0.2, -0.15) is 0 Å². The topological polar surface area (TPSA) is 51.0 Å². The number of benzene rings is 7. The molecule has 1 aliphatic carbocycles. The van der Waals surface area contributed by atoms with Crippen molar-refractivity contribution in [3.63, 3.8) is 0 Å². The van der Waals surface area contributed by atoms with Crippen molar-refractivity contribution in [2.75, 3.05) is 7.05 Å². The summed E-state index contributed by atoms with van der Waals surface area (Å²) in [5, 5.41) is 7.93. The molecule has 0 aliphatic heterocycles. The number of rotatable bonds is 4. The largest absolute Gasteiger partial charge is 0.456 e. The average molecular weight is 671 g/mol. The summed E-state index contributed by atoms with van der Waals surface area (Å²) in [6.45, 7) is 2.25. The molecule has 0 saturated carbocycles. The molecule has 1 atom stereocenters. The van der Waals surface area contributed by atoms with Crippen molar-refractivity contribution >= 4 is 72.1 Å². The van der Waals surface area contributed by atoms with Crippen LogP contribution >= 0.6 is 0 Å². The summed E-state index contributed by atoms with van der Waals surface area (Å²) in [6.07, 6.45) is 5.32. The lowest BCUT2D eigenvalue weighted by atomic mass is 9.91. The minimum atomic E-state index is 0.474. The minimum Gasteiger partial charge on any atom is -0.456 e. The third-order valence-electron chi connectivity index (χ3n) is 10.5. The van der Waals surface area contributed by atoms with E-state index in [1.54, 1.807) is 0 Å². The maximum Gasteiger partial charge on any atom is 0.155 e. The Balaban J connectivity index is 1.18. The van der Waals surface area contributed by atoms with Crippen molar-refractivity contribution in [2.45, 2.75) is 13.3 Å². The van der Waals surface area contributed by atoms with Gasteiger partial charge in [-0.25, -0.2) is 4.99 Å². The van der Waals surface area contributed by atoms with Gasteiger partial charge in [0.25, 0.3) is 0 Å². The van der Waals surface area contributed by atoms with E-state index in [1.165, 1.54) is 21.7 Å². The molecule has 0 amide bonds. The summed E-state index contributed by atoms with van der Waals surface area (Å²) in [4.78, 5) is 10.3. The summed E-state index contributed by atoms with van der Waals surface area (Å²) in [7, 11) is 1.82. The van der Waals surface area contributed by atoms with Gasteiger partial charge < -0.3 is 8.83 Å². The first-order valence-electron chi connectivity index (χ1n) is 17.8. The monoisotopic (exact) mass is 670 g/mol. The van der Waals surface area contributed by atoms with E-state index in [0.29, 0.717) is 11.8 Å². The zero-order chi connectivity index (χ0) is 34.8. The van der Waals surface area contributed by atoms with Gasteiger partial charge in [-0.05, 0) is 87.5 Å². The Bertz CT molecular complexity index is 2890. The predicted octanol–water partition coefficient (Wildman–Crippen LogP) is 12.4. The Morgan fingerprint density at radius 2 is 1.29 bits per heavy atom. The highest BCUT2D eigenvalue weighted by Gasteiger charge is 2.22. The molecule has 7 aromatic carbocycles. The van der Waals surface area contributed by atoms with Crippen LogP contribution < -0.4 is 0 Å². The second-order valence-electron chi connectivity index (χ2n) is 13.8. The molecule has 1 unspecified atom stereocenters. The third-order valence-corrected chi connectivity index (χ3v) is 10.5. The minimum absolute atomic E-state index is 0.474. The molecule has 0 saturated heterocycles. The van der Waals surface area contributed by atoms with Crippen LogP contribution in [-0.4, -0.2) is 18.6 Å². The van der Waals surface area contributed by atoms with Gasteiger partial charge in [-0.3, -0.25) is 4.99 Å². The first-order chi connectivity index (χ1) is 25.6. The summed E-state index contributed by atoms with van der Waals surface area (Å²) in [5.74, 6) is 2.08. The van der Waals surface area contributed by atoms with Crippen LogP contribution in [0.25, 0.3) is 71.7 Å². The van der Waals surface area contributed by atoms with E-state index in [-0.39, 0.29) is 0 Å². The maximum atomic E-state index is 6.57. The Labute approximate surface area is 301 Å². The van der Waals surface area contributed by atoms with E-state index in [9.17, 15) is 0 Å². The highest BCUT2D eigenvalue weighted by atomic mass is 16.3. The molecule has 1 aliphatic rings. The van der Waals surface area contributed by atoms with Gasteiger partial charge >= 0.3 is 0 Å². The standard InChI is InChI=1S/C48H34N2O2/c1-29-17-23-41-39(25-29)40-28-34(22-24-42(40)51-41)37-13-7-15-43-45(37)46-38(14-8-16-44(46)52-43)48(49-2)50-47(35-20-18-30-9-3-5-11-32(30)26-35)36-21-19-31-10-4-6-12-33(31)27-36/h3-24,26-29H,25H2,1-2H3/b49-48-. The second-order valence-corrected chi connectivity index (χ2v) is 13.8. The summed E-state index contributed by atoms with van der Waals surface area (Å²) < 4.78 is 12.8. The summed E-state index contributed by atoms with van der Waals surface area (Å²) >= 11 is 0. The van der Waals surface area contributed by atoms with Crippen molar-refractivity contribution in [1.29, 1.82) is 0 Å². The van der Waals surface area contributed by atoms with E-state index in [2.05, 4.69) is 146 Å². The fourth-order valence-corrected chi connectivity index (χ4v) is 7.92. The second kappa shape index (κ2) is 12.1. The lowest BCUT2D eigenvalue weighted by molar-refractivity contribution is 0.584. The predicted molar refractivity (Wildman–Crippen MR) is 217 cm³/mol. The number of nitrogens with zero attached hydrogens (tertiary/aromatic N) is 2. The van der Waals surface area contributed by atoms with E-state index in [4.69, 9.17) is 18.8 Å². The van der Waals surface area contributed by atoms with Crippen LogP contribution in [0.3, 0.4) is 0 Å². The lowest BCUT2D eigenvalue weighted by Crippen LogP contribution is -2.09. The smallest absolute Gasteiger partial charge is 0.155 e. The average Bonchev–Trinajstić information content (AvgIpc) is 3.76. The Kier molecular flexibility index (Phi) is 7.03. The molecule has 248 valence electrons. The van der Waals surface area contributed by atoms with Crippen LogP contribution in [0.15, 0.2) is 164 Å². The number of furan rings is 2. The highest BCUT2D eigenvalue weighted by Crippen LogP contribution is 2.41. The van der Waals surface area contributed by atoms with Crippen molar-refractivity contribution in [3.05, 3.63) is 174 Å². The molecule has 9 aromatic rings. The van der Waals surface area contributed by atoms with Gasteiger partial charge in [0.1, 0.15) is 22.5 Å². The molecule has 0 radical (unpaired) electrons. The van der Waals surface area contributed by atoms with Gasteiger partial charge in [-0.15, -0.1) is 0 Å². The first kappa shape index (κ1) is 30.3. The van der Waals surface area contributed by atoms with Crippen LogP contribution in [-0.2, 0) is 6.42 Å². The Morgan fingerprint density at radius 1 is 0.615 bits per heavy atom. The normalized spacial score (nSPS) is 14.5. The number of fused-ring (bicyclic) bond motifs is 8. The zero-order valence-electron chi connectivity index (χ0n) is 28.9. The number of aliphatic imine (C=N–C) groups is 2. The van der Waals surface area contributed by atoms with Crippen molar-refractivity contribution in [3.8, 4) is 11.1 Å². The fraction of sp³-hybridized carbons (Fsp3) is 0.0833. The van der Waals surface area contributed by atoms with Crippen LogP contribution in [0.2, 0.25) is 0 Å². The number of allylic oxidation sites excluding steroid dienone is 1.